The Bertz CT molecular complexity index is 560. The lowest BCUT2D eigenvalue weighted by Gasteiger charge is -2.07. The van der Waals surface area contributed by atoms with Crippen molar-refractivity contribution in [1.29, 1.82) is 0 Å². The first kappa shape index (κ1) is 13.7. The number of thioether (sulfide) groups is 1. The van der Waals surface area contributed by atoms with Crippen LogP contribution in [0.3, 0.4) is 0 Å². The maximum Gasteiger partial charge on any atom is 0.139 e. The summed E-state index contributed by atoms with van der Waals surface area (Å²) in [7, 11) is 0. The molecule has 0 fully saturated rings. The van der Waals surface area contributed by atoms with Crippen LogP contribution >= 0.6 is 39.3 Å². The molecule has 0 atom stereocenters. The lowest BCUT2D eigenvalue weighted by atomic mass is 10.2. The Hall–Kier alpha value is -0.710. The minimum absolute atomic E-state index is 0.344. The van der Waals surface area contributed by atoms with Gasteiger partial charge in [-0.3, -0.25) is 0 Å². The summed E-state index contributed by atoms with van der Waals surface area (Å²) in [6.45, 7) is 0. The van der Waals surface area contributed by atoms with Gasteiger partial charge in [-0.1, -0.05) is 23.7 Å². The molecule has 94 valence electrons. The van der Waals surface area contributed by atoms with Crippen molar-refractivity contribution in [3.05, 3.63) is 57.3 Å². The lowest BCUT2D eigenvalue weighted by Crippen LogP contribution is -1.91. The predicted octanol–water partition coefficient (Wildman–Crippen LogP) is 5.12. The molecule has 0 aliphatic heterocycles. The van der Waals surface area contributed by atoms with E-state index >= 15 is 0 Å². The molecule has 2 rings (SSSR count). The van der Waals surface area contributed by atoms with Crippen LogP contribution in [-0.2, 0) is 5.75 Å². The molecule has 0 amide bonds. The van der Waals surface area contributed by atoms with Crippen molar-refractivity contribution in [3.63, 3.8) is 0 Å². The zero-order valence-corrected chi connectivity index (χ0v) is 12.4. The van der Waals surface area contributed by atoms with Crippen LogP contribution in [0.4, 0.5) is 10.1 Å². The Labute approximate surface area is 123 Å². The average Bonchev–Trinajstić information content (AvgIpc) is 2.34. The van der Waals surface area contributed by atoms with Gasteiger partial charge < -0.3 is 5.73 Å². The van der Waals surface area contributed by atoms with E-state index in [1.165, 1.54) is 6.07 Å². The molecule has 5 heteroatoms. The third-order valence-corrected chi connectivity index (χ3v) is 4.36. The molecule has 0 aliphatic carbocycles. The zero-order valence-electron chi connectivity index (χ0n) is 9.29. The summed E-state index contributed by atoms with van der Waals surface area (Å²) in [5.74, 6) is 0.419. The fourth-order valence-corrected chi connectivity index (χ4v) is 2.97. The summed E-state index contributed by atoms with van der Waals surface area (Å²) in [6.07, 6.45) is 0. The minimum Gasteiger partial charge on any atom is -0.398 e. The summed E-state index contributed by atoms with van der Waals surface area (Å²) in [6, 6.07) is 10.6. The van der Waals surface area contributed by atoms with Crippen molar-refractivity contribution in [2.24, 2.45) is 0 Å². The van der Waals surface area contributed by atoms with E-state index in [1.54, 1.807) is 17.8 Å². The Morgan fingerprint density at radius 2 is 1.89 bits per heavy atom. The number of halogens is 3. The van der Waals surface area contributed by atoms with Crippen molar-refractivity contribution in [3.8, 4) is 0 Å². The highest BCUT2D eigenvalue weighted by atomic mass is 79.9. The average molecular weight is 347 g/mol. The van der Waals surface area contributed by atoms with Gasteiger partial charge in [0.2, 0.25) is 0 Å². The number of rotatable bonds is 3. The number of benzene rings is 2. The Morgan fingerprint density at radius 3 is 2.56 bits per heavy atom. The molecule has 2 aromatic rings. The van der Waals surface area contributed by atoms with E-state index in [2.05, 4.69) is 15.9 Å². The van der Waals surface area contributed by atoms with Gasteiger partial charge in [-0.05, 0) is 45.8 Å². The van der Waals surface area contributed by atoms with Crippen molar-refractivity contribution in [1.82, 2.24) is 0 Å². The number of nitrogen functional groups attached to an aromatic ring is 1. The van der Waals surface area contributed by atoms with Crippen LogP contribution in [0.25, 0.3) is 0 Å². The van der Waals surface area contributed by atoms with Crippen LogP contribution in [-0.4, -0.2) is 0 Å². The van der Waals surface area contributed by atoms with E-state index in [-0.39, 0.29) is 5.82 Å². The molecule has 0 spiro atoms. The molecule has 1 nitrogen and oxygen atoms in total. The highest BCUT2D eigenvalue weighted by Gasteiger charge is 2.06. The maximum atomic E-state index is 13.2. The molecule has 0 saturated heterocycles. The number of hydrogen-bond acceptors (Lipinski definition) is 2. The Morgan fingerprint density at radius 1 is 1.22 bits per heavy atom. The smallest absolute Gasteiger partial charge is 0.139 e. The van der Waals surface area contributed by atoms with Gasteiger partial charge in [-0.15, -0.1) is 11.8 Å². The summed E-state index contributed by atoms with van der Waals surface area (Å²) >= 11 is 10.5. The third-order valence-electron chi connectivity index (χ3n) is 2.36. The molecule has 0 aliphatic rings. The lowest BCUT2D eigenvalue weighted by molar-refractivity contribution is 0.620. The molecule has 2 N–H and O–H groups in total. The molecule has 0 aromatic heterocycles. The topological polar surface area (TPSA) is 26.0 Å². The molecule has 0 bridgehead atoms. The second-order valence-corrected chi connectivity index (χ2v) is 6.03. The van der Waals surface area contributed by atoms with E-state index in [9.17, 15) is 4.39 Å². The van der Waals surface area contributed by atoms with E-state index in [0.29, 0.717) is 15.2 Å². The molecule has 0 radical (unpaired) electrons. The van der Waals surface area contributed by atoms with Gasteiger partial charge >= 0.3 is 0 Å². The first-order valence-corrected chi connectivity index (χ1v) is 7.33. The fourth-order valence-electron chi connectivity index (χ4n) is 1.41. The molecule has 18 heavy (non-hydrogen) atoms. The second kappa shape index (κ2) is 5.95. The quantitative estimate of drug-likeness (QED) is 0.617. The summed E-state index contributed by atoms with van der Waals surface area (Å²) < 4.78 is 13.6. The van der Waals surface area contributed by atoms with E-state index < -0.39 is 0 Å². The first-order valence-electron chi connectivity index (χ1n) is 5.18. The van der Waals surface area contributed by atoms with Gasteiger partial charge in [-0.25, -0.2) is 4.39 Å². The van der Waals surface area contributed by atoms with Crippen LogP contribution in [0, 0.1) is 5.82 Å². The van der Waals surface area contributed by atoms with Crippen LogP contribution in [0.15, 0.2) is 45.8 Å². The highest BCUT2D eigenvalue weighted by molar-refractivity contribution is 9.10. The third kappa shape index (κ3) is 3.40. The molecule has 0 saturated carbocycles. The van der Waals surface area contributed by atoms with Crippen molar-refractivity contribution in [2.45, 2.75) is 10.6 Å². The van der Waals surface area contributed by atoms with Crippen LogP contribution in [0.2, 0.25) is 5.02 Å². The molecule has 0 unspecified atom stereocenters. The van der Waals surface area contributed by atoms with Gasteiger partial charge in [0, 0.05) is 21.4 Å². The monoisotopic (exact) mass is 345 g/mol. The van der Waals surface area contributed by atoms with Crippen LogP contribution in [0.1, 0.15) is 5.56 Å². The SMILES string of the molecule is Nc1cc(F)c(Br)cc1SCc1ccc(Cl)cc1. The highest BCUT2D eigenvalue weighted by Crippen LogP contribution is 2.32. The molecular formula is C13H10BrClFNS. The Kier molecular flexibility index (Phi) is 4.54. The summed E-state index contributed by atoms with van der Waals surface area (Å²) in [5.41, 5.74) is 7.37. The van der Waals surface area contributed by atoms with Crippen molar-refractivity contribution >= 4 is 45.0 Å². The zero-order chi connectivity index (χ0) is 13.1. The van der Waals surface area contributed by atoms with Crippen molar-refractivity contribution < 1.29 is 4.39 Å². The van der Waals surface area contributed by atoms with Gasteiger partial charge in [-0.2, -0.15) is 0 Å². The van der Waals surface area contributed by atoms with Crippen LogP contribution in [0.5, 0.6) is 0 Å². The van der Waals surface area contributed by atoms with E-state index in [4.69, 9.17) is 17.3 Å². The molecular weight excluding hydrogens is 337 g/mol. The standard InChI is InChI=1S/C13H10BrClFNS/c14-10-5-13(12(17)6-11(10)16)18-7-8-1-3-9(15)4-2-8/h1-6H,7,17H2. The fraction of sp³-hybridized carbons (Fsp3) is 0.0769. The normalized spacial score (nSPS) is 10.6. The number of nitrogens with two attached hydrogens (primary N) is 1. The number of hydrogen-bond donors (Lipinski definition) is 1. The maximum absolute atomic E-state index is 13.2. The first-order chi connectivity index (χ1) is 8.56. The second-order valence-electron chi connectivity index (χ2n) is 3.72. The van der Waals surface area contributed by atoms with Gasteiger partial charge in [0.15, 0.2) is 0 Å². The van der Waals surface area contributed by atoms with Gasteiger partial charge in [0.05, 0.1) is 4.47 Å². The van der Waals surface area contributed by atoms with Gasteiger partial charge in [0.1, 0.15) is 5.82 Å². The van der Waals surface area contributed by atoms with Gasteiger partial charge in [0.25, 0.3) is 0 Å². The largest absolute Gasteiger partial charge is 0.398 e. The minimum atomic E-state index is -0.344. The molecule has 0 heterocycles. The van der Waals surface area contributed by atoms with Crippen molar-refractivity contribution in [2.75, 3.05) is 5.73 Å². The van der Waals surface area contributed by atoms with E-state index in [0.717, 1.165) is 16.2 Å². The summed E-state index contributed by atoms with van der Waals surface area (Å²) in [5, 5.41) is 0.716. The van der Waals surface area contributed by atoms with E-state index in [1.807, 2.05) is 24.3 Å². The van der Waals surface area contributed by atoms with Crippen LogP contribution < -0.4 is 5.73 Å². The summed E-state index contributed by atoms with van der Waals surface area (Å²) in [4.78, 5) is 0.859. The predicted molar refractivity (Wildman–Crippen MR) is 79.5 cm³/mol. The Balaban J connectivity index is 2.10. The molecule has 2 aromatic carbocycles. The number of anilines is 1.